The minimum absolute atomic E-state index is 0.0949. The number of nitrogens with zero attached hydrogens (tertiary/aromatic N) is 1. The molecule has 0 radical (unpaired) electrons. The highest BCUT2D eigenvalue weighted by Gasteiger charge is 2.66. The van der Waals surface area contributed by atoms with Crippen LogP contribution in [0.15, 0.2) is 0 Å². The van der Waals surface area contributed by atoms with Crippen molar-refractivity contribution in [1.82, 2.24) is 0 Å². The lowest BCUT2D eigenvalue weighted by atomic mass is 9.47. The molecule has 1 spiro atoms. The third kappa shape index (κ3) is 1.57. The Balaban J connectivity index is 2.08. The van der Waals surface area contributed by atoms with E-state index in [0.717, 1.165) is 19.3 Å². The summed E-state index contributed by atoms with van der Waals surface area (Å²) < 4.78 is 12.1. The van der Waals surface area contributed by atoms with Crippen molar-refractivity contribution in [3.63, 3.8) is 0 Å². The Morgan fingerprint density at radius 3 is 2.50 bits per heavy atom. The van der Waals surface area contributed by atoms with E-state index in [-0.39, 0.29) is 17.1 Å². The van der Waals surface area contributed by atoms with E-state index in [1.807, 2.05) is 13.8 Å². The molecule has 0 aromatic heterocycles. The third-order valence-corrected chi connectivity index (χ3v) is 6.00. The number of ether oxygens (including phenoxy) is 2. The van der Waals surface area contributed by atoms with E-state index in [4.69, 9.17) is 9.47 Å². The molecule has 3 rings (SSSR count). The molecule has 4 heteroatoms. The van der Waals surface area contributed by atoms with Crippen molar-refractivity contribution >= 4 is 5.78 Å². The van der Waals surface area contributed by atoms with E-state index in [2.05, 4.69) is 13.0 Å². The van der Waals surface area contributed by atoms with Gasteiger partial charge < -0.3 is 9.47 Å². The van der Waals surface area contributed by atoms with E-state index >= 15 is 0 Å². The van der Waals surface area contributed by atoms with Crippen LogP contribution in [0.1, 0.15) is 46.5 Å². The van der Waals surface area contributed by atoms with Gasteiger partial charge in [-0.3, -0.25) is 4.79 Å². The number of ketones is 1. The van der Waals surface area contributed by atoms with Gasteiger partial charge in [0.2, 0.25) is 0 Å². The fourth-order valence-corrected chi connectivity index (χ4v) is 5.03. The zero-order valence-corrected chi connectivity index (χ0v) is 12.6. The van der Waals surface area contributed by atoms with Gasteiger partial charge >= 0.3 is 0 Å². The summed E-state index contributed by atoms with van der Waals surface area (Å²) >= 11 is 0. The van der Waals surface area contributed by atoms with Crippen LogP contribution in [0.2, 0.25) is 0 Å². The zero-order chi connectivity index (χ0) is 14.6. The highest BCUT2D eigenvalue weighted by molar-refractivity contribution is 5.89. The van der Waals surface area contributed by atoms with E-state index in [1.54, 1.807) is 0 Å². The lowest BCUT2D eigenvalue weighted by Gasteiger charge is -2.60. The summed E-state index contributed by atoms with van der Waals surface area (Å²) in [6, 6.07) is 2.21. The maximum atomic E-state index is 12.6. The van der Waals surface area contributed by atoms with Crippen molar-refractivity contribution in [1.29, 1.82) is 5.26 Å². The molecule has 2 saturated carbocycles. The number of carbonyl (C=O) groups is 1. The maximum absolute atomic E-state index is 12.6. The summed E-state index contributed by atoms with van der Waals surface area (Å²) in [7, 11) is 0. The average molecular weight is 277 g/mol. The third-order valence-electron chi connectivity index (χ3n) is 6.00. The van der Waals surface area contributed by atoms with Crippen molar-refractivity contribution in [3.8, 4) is 6.07 Å². The summed E-state index contributed by atoms with van der Waals surface area (Å²) in [5, 5.41) is 9.38. The molecule has 1 heterocycles. The van der Waals surface area contributed by atoms with Crippen LogP contribution >= 0.6 is 0 Å². The molecule has 0 aromatic carbocycles. The monoisotopic (exact) mass is 277 g/mol. The van der Waals surface area contributed by atoms with Gasteiger partial charge in [0.15, 0.2) is 11.6 Å². The van der Waals surface area contributed by atoms with Gasteiger partial charge in [0.05, 0.1) is 19.3 Å². The van der Waals surface area contributed by atoms with Crippen LogP contribution in [0.25, 0.3) is 0 Å². The Bertz CT molecular complexity index is 473. The predicted molar refractivity (Wildman–Crippen MR) is 72.6 cm³/mol. The van der Waals surface area contributed by atoms with Crippen LogP contribution in [0.3, 0.4) is 0 Å². The number of nitriles is 1. The Morgan fingerprint density at radius 2 is 1.90 bits per heavy atom. The van der Waals surface area contributed by atoms with Crippen LogP contribution in [-0.2, 0) is 14.3 Å². The molecule has 0 N–H and O–H groups in total. The molecular weight excluding hydrogens is 254 g/mol. The molecule has 2 aliphatic carbocycles. The van der Waals surface area contributed by atoms with Crippen LogP contribution in [0, 0.1) is 34.0 Å². The second-order valence-electron chi connectivity index (χ2n) is 7.28. The summed E-state index contributed by atoms with van der Waals surface area (Å²) in [5.41, 5.74) is -0.727. The van der Waals surface area contributed by atoms with Gasteiger partial charge in [-0.1, -0.05) is 20.8 Å². The molecule has 0 bridgehead atoms. The smallest absolute Gasteiger partial charge is 0.174 e. The van der Waals surface area contributed by atoms with Gasteiger partial charge in [-0.2, -0.15) is 5.26 Å². The maximum Gasteiger partial charge on any atom is 0.174 e. The first-order valence-corrected chi connectivity index (χ1v) is 7.59. The topological polar surface area (TPSA) is 59.3 Å². The molecule has 3 aliphatic rings. The fourth-order valence-electron chi connectivity index (χ4n) is 5.03. The van der Waals surface area contributed by atoms with Crippen molar-refractivity contribution < 1.29 is 14.3 Å². The Hall–Kier alpha value is -0.920. The first kappa shape index (κ1) is 14.0. The standard InChI is InChI=1S/C16H23NO3/c1-14(2)12-5-4-6-16(19-7-8-20-16)15(12,3)9-11(10-17)13(14)18/h11-12H,4-9H2,1-3H3/t11?,12?,15-/m0/s1. The van der Waals surface area contributed by atoms with Crippen LogP contribution < -0.4 is 0 Å². The van der Waals surface area contributed by atoms with Gasteiger partial charge in [0.25, 0.3) is 0 Å². The molecule has 3 atom stereocenters. The highest BCUT2D eigenvalue weighted by Crippen LogP contribution is 2.63. The zero-order valence-electron chi connectivity index (χ0n) is 12.6. The molecule has 110 valence electrons. The number of fused-ring (bicyclic) bond motifs is 2. The SMILES string of the molecule is CC1(C)C(=O)C(C#N)C[C@@]2(C)C1CCCC21OCCO1. The van der Waals surface area contributed by atoms with Crippen LogP contribution in [-0.4, -0.2) is 24.8 Å². The largest absolute Gasteiger partial charge is 0.347 e. The second-order valence-corrected chi connectivity index (χ2v) is 7.28. The van der Waals surface area contributed by atoms with Gasteiger partial charge in [0, 0.05) is 17.3 Å². The Morgan fingerprint density at radius 1 is 1.25 bits per heavy atom. The molecule has 3 fully saturated rings. The molecule has 4 nitrogen and oxygen atoms in total. The molecule has 1 saturated heterocycles. The minimum atomic E-state index is -0.580. The van der Waals surface area contributed by atoms with Crippen LogP contribution in [0.5, 0.6) is 0 Å². The fraction of sp³-hybridized carbons (Fsp3) is 0.875. The quantitative estimate of drug-likeness (QED) is 0.683. The number of hydrogen-bond acceptors (Lipinski definition) is 4. The molecule has 20 heavy (non-hydrogen) atoms. The average Bonchev–Trinajstić information content (AvgIpc) is 2.87. The number of rotatable bonds is 0. The van der Waals surface area contributed by atoms with Gasteiger partial charge in [-0.05, 0) is 25.2 Å². The summed E-state index contributed by atoms with van der Waals surface area (Å²) in [5.74, 6) is -0.798. The minimum Gasteiger partial charge on any atom is -0.347 e. The summed E-state index contributed by atoms with van der Waals surface area (Å²) in [4.78, 5) is 12.6. The summed E-state index contributed by atoms with van der Waals surface area (Å²) in [6.45, 7) is 7.40. The van der Waals surface area contributed by atoms with Gasteiger partial charge in [-0.15, -0.1) is 0 Å². The van der Waals surface area contributed by atoms with Crippen molar-refractivity contribution in [3.05, 3.63) is 0 Å². The molecule has 0 aromatic rings. The predicted octanol–water partition coefficient (Wildman–Crippen LogP) is 2.67. The molecule has 0 amide bonds. The Labute approximate surface area is 120 Å². The lowest BCUT2D eigenvalue weighted by Crippen LogP contribution is -2.63. The van der Waals surface area contributed by atoms with E-state index in [1.165, 1.54) is 0 Å². The second kappa shape index (κ2) is 4.29. The number of Topliss-reactive ketones (excluding diaryl/α,β-unsaturated/α-hetero) is 1. The molecule has 2 unspecified atom stereocenters. The van der Waals surface area contributed by atoms with E-state index in [9.17, 15) is 10.1 Å². The number of carbonyl (C=O) groups excluding carboxylic acids is 1. The first-order chi connectivity index (χ1) is 9.37. The van der Waals surface area contributed by atoms with E-state index in [0.29, 0.717) is 19.6 Å². The molecule has 1 aliphatic heterocycles. The summed E-state index contributed by atoms with van der Waals surface area (Å²) in [6.07, 6.45) is 3.48. The Kier molecular flexibility index (Phi) is 3.01. The van der Waals surface area contributed by atoms with Gasteiger partial charge in [-0.25, -0.2) is 0 Å². The lowest BCUT2D eigenvalue weighted by molar-refractivity contribution is -0.287. The van der Waals surface area contributed by atoms with E-state index < -0.39 is 17.1 Å². The number of hydrogen-bond donors (Lipinski definition) is 0. The van der Waals surface area contributed by atoms with Crippen LogP contribution in [0.4, 0.5) is 0 Å². The van der Waals surface area contributed by atoms with Gasteiger partial charge in [0.1, 0.15) is 5.92 Å². The van der Waals surface area contributed by atoms with Crippen molar-refractivity contribution in [2.24, 2.45) is 22.7 Å². The van der Waals surface area contributed by atoms with Crippen molar-refractivity contribution in [2.75, 3.05) is 13.2 Å². The molecular formula is C16H23NO3. The normalized spacial score (nSPS) is 42.2. The van der Waals surface area contributed by atoms with Crippen molar-refractivity contribution in [2.45, 2.75) is 52.2 Å². The first-order valence-electron chi connectivity index (χ1n) is 7.59. The highest BCUT2D eigenvalue weighted by atomic mass is 16.7.